The van der Waals surface area contributed by atoms with Crippen molar-refractivity contribution in [3.05, 3.63) is 48.2 Å². The van der Waals surface area contributed by atoms with Gasteiger partial charge in [-0.1, -0.05) is 6.07 Å². The molecule has 0 atom stereocenters. The smallest absolute Gasteiger partial charge is 0.141 e. The number of ether oxygens (including phenoxy) is 1. The van der Waals surface area contributed by atoms with Crippen molar-refractivity contribution < 1.29 is 4.74 Å². The second-order valence-corrected chi connectivity index (χ2v) is 5.00. The van der Waals surface area contributed by atoms with Gasteiger partial charge >= 0.3 is 0 Å². The number of hydrogen-bond acceptors (Lipinski definition) is 4. The third-order valence-electron chi connectivity index (χ3n) is 2.90. The Morgan fingerprint density at radius 1 is 1.32 bits per heavy atom. The summed E-state index contributed by atoms with van der Waals surface area (Å²) in [7, 11) is 1.61. The number of methoxy groups -OCH3 is 1. The van der Waals surface area contributed by atoms with Gasteiger partial charge in [-0.25, -0.2) is 4.98 Å². The molecule has 3 aromatic rings. The third-order valence-corrected chi connectivity index (χ3v) is 3.80. The molecule has 3 rings (SSSR count). The summed E-state index contributed by atoms with van der Waals surface area (Å²) >= 11 is 1.68. The number of aromatic nitrogens is 2. The number of hydrogen-bond donors (Lipinski definition) is 1. The SMILES string of the molecule is COc1ccc(-n2cncc2-c2cccs2)cc1N. The first kappa shape index (κ1) is 11.8. The molecule has 5 heteroatoms. The Kier molecular flexibility index (Phi) is 2.97. The molecule has 19 heavy (non-hydrogen) atoms. The summed E-state index contributed by atoms with van der Waals surface area (Å²) in [6.45, 7) is 0. The Morgan fingerprint density at radius 3 is 2.89 bits per heavy atom. The number of rotatable bonds is 3. The van der Waals surface area contributed by atoms with Gasteiger partial charge < -0.3 is 10.5 Å². The Morgan fingerprint density at radius 2 is 2.21 bits per heavy atom. The number of nitrogens with two attached hydrogens (primary N) is 1. The minimum Gasteiger partial charge on any atom is -0.495 e. The summed E-state index contributed by atoms with van der Waals surface area (Å²) in [5, 5.41) is 2.05. The Hall–Kier alpha value is -2.27. The first-order chi connectivity index (χ1) is 9.29. The van der Waals surface area contributed by atoms with Crippen molar-refractivity contribution in [1.29, 1.82) is 0 Å². The summed E-state index contributed by atoms with van der Waals surface area (Å²) in [6.07, 6.45) is 3.64. The summed E-state index contributed by atoms with van der Waals surface area (Å²) < 4.78 is 7.19. The minimum atomic E-state index is 0.617. The van der Waals surface area contributed by atoms with Crippen molar-refractivity contribution in [3.63, 3.8) is 0 Å². The van der Waals surface area contributed by atoms with Gasteiger partial charge in [0.05, 0.1) is 35.9 Å². The van der Waals surface area contributed by atoms with E-state index in [0.717, 1.165) is 11.4 Å². The van der Waals surface area contributed by atoms with E-state index < -0.39 is 0 Å². The standard InChI is InChI=1S/C14H13N3OS/c1-18-13-5-4-10(7-11(13)15)17-9-16-8-12(17)14-3-2-6-19-14/h2-9H,15H2,1H3. The predicted molar refractivity (Wildman–Crippen MR) is 77.8 cm³/mol. The Labute approximate surface area is 115 Å². The first-order valence-electron chi connectivity index (χ1n) is 5.79. The van der Waals surface area contributed by atoms with Crippen LogP contribution in [0.25, 0.3) is 16.3 Å². The van der Waals surface area contributed by atoms with E-state index in [1.807, 2.05) is 35.0 Å². The van der Waals surface area contributed by atoms with Gasteiger partial charge in [-0.2, -0.15) is 0 Å². The first-order valence-corrected chi connectivity index (χ1v) is 6.67. The van der Waals surface area contributed by atoms with E-state index in [0.29, 0.717) is 11.4 Å². The van der Waals surface area contributed by atoms with Crippen LogP contribution in [0.4, 0.5) is 5.69 Å². The van der Waals surface area contributed by atoms with Gasteiger partial charge in [0.2, 0.25) is 0 Å². The maximum Gasteiger partial charge on any atom is 0.141 e. The van der Waals surface area contributed by atoms with Gasteiger partial charge in [0.1, 0.15) is 5.75 Å². The van der Waals surface area contributed by atoms with E-state index in [1.165, 1.54) is 4.88 Å². The second-order valence-electron chi connectivity index (χ2n) is 4.05. The van der Waals surface area contributed by atoms with Crippen LogP contribution < -0.4 is 10.5 Å². The highest BCUT2D eigenvalue weighted by Crippen LogP contribution is 2.29. The maximum absolute atomic E-state index is 5.95. The van der Waals surface area contributed by atoms with E-state index in [4.69, 9.17) is 10.5 Å². The van der Waals surface area contributed by atoms with Gasteiger partial charge in [-0.05, 0) is 29.6 Å². The number of anilines is 1. The van der Waals surface area contributed by atoms with Crippen LogP contribution in [0, 0.1) is 0 Å². The molecule has 0 saturated heterocycles. The number of imidazole rings is 1. The molecule has 0 aliphatic heterocycles. The summed E-state index contributed by atoms with van der Waals surface area (Å²) in [4.78, 5) is 5.40. The minimum absolute atomic E-state index is 0.617. The number of nitrogen functional groups attached to an aromatic ring is 1. The number of benzene rings is 1. The summed E-state index contributed by atoms with van der Waals surface area (Å²) in [5.41, 5.74) is 8.59. The topological polar surface area (TPSA) is 53.1 Å². The summed E-state index contributed by atoms with van der Waals surface area (Å²) in [6, 6.07) is 9.82. The zero-order valence-corrected chi connectivity index (χ0v) is 11.2. The molecule has 0 aliphatic rings. The van der Waals surface area contributed by atoms with Crippen molar-refractivity contribution in [3.8, 4) is 22.0 Å². The quantitative estimate of drug-likeness (QED) is 0.744. The highest BCUT2D eigenvalue weighted by molar-refractivity contribution is 7.13. The number of nitrogens with zero attached hydrogens (tertiary/aromatic N) is 2. The van der Waals surface area contributed by atoms with Crippen molar-refractivity contribution in [2.45, 2.75) is 0 Å². The molecule has 2 heterocycles. The zero-order chi connectivity index (χ0) is 13.2. The van der Waals surface area contributed by atoms with Crippen molar-refractivity contribution in [2.24, 2.45) is 0 Å². The molecule has 0 saturated carbocycles. The van der Waals surface area contributed by atoms with Crippen LogP contribution in [-0.4, -0.2) is 16.7 Å². The monoisotopic (exact) mass is 271 g/mol. The number of thiophene rings is 1. The predicted octanol–water partition coefficient (Wildman–Crippen LogP) is 3.19. The maximum atomic E-state index is 5.95. The highest BCUT2D eigenvalue weighted by atomic mass is 32.1. The normalized spacial score (nSPS) is 10.6. The van der Waals surface area contributed by atoms with Gasteiger partial charge in [0, 0.05) is 5.69 Å². The van der Waals surface area contributed by atoms with Crippen LogP contribution in [0.1, 0.15) is 0 Å². The molecule has 0 spiro atoms. The summed E-state index contributed by atoms with van der Waals surface area (Å²) in [5.74, 6) is 0.682. The molecule has 0 amide bonds. The fourth-order valence-electron chi connectivity index (χ4n) is 1.98. The molecule has 0 aliphatic carbocycles. The lowest BCUT2D eigenvalue weighted by Gasteiger charge is -2.10. The van der Waals surface area contributed by atoms with E-state index in [2.05, 4.69) is 16.4 Å². The lowest BCUT2D eigenvalue weighted by molar-refractivity contribution is 0.417. The highest BCUT2D eigenvalue weighted by Gasteiger charge is 2.09. The zero-order valence-electron chi connectivity index (χ0n) is 10.4. The molecular weight excluding hydrogens is 258 g/mol. The molecule has 4 nitrogen and oxygen atoms in total. The van der Waals surface area contributed by atoms with E-state index >= 15 is 0 Å². The third kappa shape index (κ3) is 2.08. The van der Waals surface area contributed by atoms with Gasteiger partial charge in [0.15, 0.2) is 0 Å². The van der Waals surface area contributed by atoms with Crippen molar-refractivity contribution in [1.82, 2.24) is 9.55 Å². The average Bonchev–Trinajstić information content (AvgIpc) is 3.09. The fraction of sp³-hybridized carbons (Fsp3) is 0.0714. The van der Waals surface area contributed by atoms with Crippen LogP contribution in [0.5, 0.6) is 5.75 Å². The molecule has 2 aromatic heterocycles. The van der Waals surface area contributed by atoms with Crippen LogP contribution in [0.2, 0.25) is 0 Å². The van der Waals surface area contributed by atoms with Crippen molar-refractivity contribution >= 4 is 17.0 Å². The van der Waals surface area contributed by atoms with Crippen molar-refractivity contribution in [2.75, 3.05) is 12.8 Å². The lowest BCUT2D eigenvalue weighted by atomic mass is 10.2. The molecule has 2 N–H and O–H groups in total. The van der Waals surface area contributed by atoms with Crippen LogP contribution >= 0.6 is 11.3 Å². The molecule has 0 radical (unpaired) electrons. The molecular formula is C14H13N3OS. The van der Waals surface area contributed by atoms with Crippen LogP contribution in [0.15, 0.2) is 48.2 Å². The van der Waals surface area contributed by atoms with Gasteiger partial charge in [-0.3, -0.25) is 4.57 Å². The molecule has 1 aromatic carbocycles. The van der Waals surface area contributed by atoms with Crippen LogP contribution in [-0.2, 0) is 0 Å². The Balaban J connectivity index is 2.08. The van der Waals surface area contributed by atoms with E-state index in [-0.39, 0.29) is 0 Å². The van der Waals surface area contributed by atoms with Gasteiger partial charge in [-0.15, -0.1) is 11.3 Å². The van der Waals surface area contributed by atoms with E-state index in [9.17, 15) is 0 Å². The van der Waals surface area contributed by atoms with Gasteiger partial charge in [0.25, 0.3) is 0 Å². The molecule has 0 bridgehead atoms. The second kappa shape index (κ2) is 4.78. The average molecular weight is 271 g/mol. The largest absolute Gasteiger partial charge is 0.495 e. The fourth-order valence-corrected chi connectivity index (χ4v) is 2.71. The Bertz CT molecular complexity index is 689. The van der Waals surface area contributed by atoms with E-state index in [1.54, 1.807) is 24.8 Å². The molecule has 0 fully saturated rings. The molecule has 96 valence electrons. The van der Waals surface area contributed by atoms with Crippen LogP contribution in [0.3, 0.4) is 0 Å². The lowest BCUT2D eigenvalue weighted by Crippen LogP contribution is -1.98. The molecule has 0 unspecified atom stereocenters.